The Balaban J connectivity index is 2.34. The molecule has 1 nitrogen and oxygen atoms in total. The monoisotopic (exact) mass is 250 g/mol. The molecule has 2 aliphatic rings. The SMILES string of the molecule is C[SiH](C)OC1=C(C(C)(C)C)CC2=C1CCCC2. The second-order valence-electron chi connectivity index (χ2n) is 6.69. The van der Waals surface area contributed by atoms with E-state index in [2.05, 4.69) is 33.9 Å². The van der Waals surface area contributed by atoms with Crippen molar-refractivity contribution in [1.82, 2.24) is 0 Å². The van der Waals surface area contributed by atoms with Gasteiger partial charge in [-0.25, -0.2) is 0 Å². The molecule has 0 saturated carbocycles. The van der Waals surface area contributed by atoms with Crippen molar-refractivity contribution >= 4 is 9.04 Å². The third-order valence-electron chi connectivity index (χ3n) is 3.78. The van der Waals surface area contributed by atoms with Gasteiger partial charge in [0.05, 0.1) is 0 Å². The summed E-state index contributed by atoms with van der Waals surface area (Å²) in [6.07, 6.45) is 6.48. The Hall–Kier alpha value is -0.503. The molecule has 0 spiro atoms. The third kappa shape index (κ3) is 2.67. The van der Waals surface area contributed by atoms with Gasteiger partial charge < -0.3 is 4.43 Å². The Morgan fingerprint density at radius 2 is 1.71 bits per heavy atom. The molecule has 0 atom stereocenters. The second-order valence-corrected chi connectivity index (χ2v) is 9.02. The zero-order valence-electron chi connectivity index (χ0n) is 12.0. The fourth-order valence-electron chi connectivity index (χ4n) is 2.90. The lowest BCUT2D eigenvalue weighted by atomic mass is 9.84. The minimum absolute atomic E-state index is 0.260. The molecular weight excluding hydrogens is 224 g/mol. The van der Waals surface area contributed by atoms with Crippen LogP contribution in [0.25, 0.3) is 0 Å². The van der Waals surface area contributed by atoms with Gasteiger partial charge in [0.25, 0.3) is 0 Å². The standard InChI is InChI=1S/C15H26OSi/c1-15(2,3)13-10-11-8-6-7-9-12(11)14(13)16-17(4)5/h17H,6-10H2,1-5H3. The minimum Gasteiger partial charge on any atom is -0.547 e. The Labute approximate surface area is 108 Å². The van der Waals surface area contributed by atoms with Gasteiger partial charge in [0.1, 0.15) is 5.76 Å². The van der Waals surface area contributed by atoms with Crippen LogP contribution in [0.4, 0.5) is 0 Å². The Kier molecular flexibility index (Phi) is 3.53. The highest BCUT2D eigenvalue weighted by Crippen LogP contribution is 2.47. The molecule has 0 aromatic rings. The van der Waals surface area contributed by atoms with Crippen molar-refractivity contribution < 1.29 is 4.43 Å². The van der Waals surface area contributed by atoms with Crippen LogP contribution in [0.15, 0.2) is 22.5 Å². The number of hydrogen-bond donors (Lipinski definition) is 0. The van der Waals surface area contributed by atoms with E-state index in [4.69, 9.17) is 4.43 Å². The van der Waals surface area contributed by atoms with Gasteiger partial charge in [0.2, 0.25) is 9.04 Å². The molecule has 0 N–H and O–H groups in total. The maximum Gasteiger partial charge on any atom is 0.229 e. The van der Waals surface area contributed by atoms with Gasteiger partial charge in [-0.1, -0.05) is 26.3 Å². The zero-order valence-corrected chi connectivity index (χ0v) is 13.2. The first kappa shape index (κ1) is 12.9. The summed E-state index contributed by atoms with van der Waals surface area (Å²) in [5.41, 5.74) is 5.09. The normalized spacial score (nSPS) is 21.3. The topological polar surface area (TPSA) is 9.23 Å². The maximum absolute atomic E-state index is 6.28. The average molecular weight is 250 g/mol. The highest BCUT2D eigenvalue weighted by molar-refractivity contribution is 6.48. The first-order valence-corrected chi connectivity index (χ1v) is 9.79. The molecule has 0 amide bonds. The molecule has 0 saturated heterocycles. The first-order valence-electron chi connectivity index (χ1n) is 7.01. The van der Waals surface area contributed by atoms with E-state index in [1.54, 1.807) is 16.7 Å². The summed E-state index contributed by atoms with van der Waals surface area (Å²) in [6, 6.07) is 0. The first-order chi connectivity index (χ1) is 7.89. The van der Waals surface area contributed by atoms with Gasteiger partial charge >= 0.3 is 0 Å². The fraction of sp³-hybridized carbons (Fsp3) is 0.733. The van der Waals surface area contributed by atoms with E-state index in [0.717, 1.165) is 0 Å². The van der Waals surface area contributed by atoms with Crippen LogP contribution in [-0.2, 0) is 4.43 Å². The molecule has 2 aliphatic carbocycles. The predicted octanol–water partition coefficient (Wildman–Crippen LogP) is 4.56. The fourth-order valence-corrected chi connectivity index (χ4v) is 3.65. The average Bonchev–Trinajstić information content (AvgIpc) is 2.56. The highest BCUT2D eigenvalue weighted by Gasteiger charge is 2.33. The van der Waals surface area contributed by atoms with Gasteiger partial charge in [-0.15, -0.1) is 0 Å². The van der Waals surface area contributed by atoms with Crippen LogP contribution in [0.5, 0.6) is 0 Å². The zero-order chi connectivity index (χ0) is 12.6. The predicted molar refractivity (Wildman–Crippen MR) is 76.6 cm³/mol. The lowest BCUT2D eigenvalue weighted by molar-refractivity contribution is 0.404. The largest absolute Gasteiger partial charge is 0.547 e. The molecule has 0 unspecified atom stereocenters. The molecular formula is C15H26OSi. The van der Waals surface area contributed by atoms with E-state index in [1.165, 1.54) is 37.9 Å². The number of hydrogen-bond acceptors (Lipinski definition) is 1. The maximum atomic E-state index is 6.28. The molecule has 0 aliphatic heterocycles. The van der Waals surface area contributed by atoms with Crippen molar-refractivity contribution in [3.8, 4) is 0 Å². The van der Waals surface area contributed by atoms with Crippen LogP contribution in [0.2, 0.25) is 13.1 Å². The van der Waals surface area contributed by atoms with Gasteiger partial charge in [0, 0.05) is 0 Å². The van der Waals surface area contributed by atoms with Gasteiger partial charge in [-0.3, -0.25) is 0 Å². The molecule has 2 rings (SSSR count). The molecule has 0 radical (unpaired) electrons. The number of allylic oxidation sites excluding steroid dienone is 3. The van der Waals surface area contributed by atoms with Crippen molar-refractivity contribution in [2.24, 2.45) is 5.41 Å². The molecule has 0 aromatic carbocycles. The van der Waals surface area contributed by atoms with E-state index in [0.29, 0.717) is 0 Å². The van der Waals surface area contributed by atoms with Crippen molar-refractivity contribution in [1.29, 1.82) is 0 Å². The second kappa shape index (κ2) is 4.64. The van der Waals surface area contributed by atoms with Crippen molar-refractivity contribution in [3.05, 3.63) is 22.5 Å². The van der Waals surface area contributed by atoms with E-state index >= 15 is 0 Å². The van der Waals surface area contributed by atoms with Crippen molar-refractivity contribution in [2.75, 3.05) is 0 Å². The van der Waals surface area contributed by atoms with Crippen molar-refractivity contribution in [3.63, 3.8) is 0 Å². The Morgan fingerprint density at radius 1 is 1.06 bits per heavy atom. The molecule has 17 heavy (non-hydrogen) atoms. The minimum atomic E-state index is -0.993. The van der Waals surface area contributed by atoms with Crippen LogP contribution in [0.3, 0.4) is 0 Å². The van der Waals surface area contributed by atoms with E-state index < -0.39 is 9.04 Å². The molecule has 0 bridgehead atoms. The van der Waals surface area contributed by atoms with Crippen molar-refractivity contribution in [2.45, 2.75) is 66.0 Å². The summed E-state index contributed by atoms with van der Waals surface area (Å²) in [5.74, 6) is 1.31. The molecule has 0 fully saturated rings. The van der Waals surface area contributed by atoms with Gasteiger partial charge in [-0.2, -0.15) is 0 Å². The van der Waals surface area contributed by atoms with Gasteiger partial charge in [-0.05, 0) is 61.8 Å². The summed E-state index contributed by atoms with van der Waals surface area (Å²) >= 11 is 0. The van der Waals surface area contributed by atoms with Gasteiger partial charge in [0.15, 0.2) is 0 Å². The quantitative estimate of drug-likeness (QED) is 0.653. The summed E-state index contributed by atoms with van der Waals surface area (Å²) in [5, 5.41) is 0. The van der Waals surface area contributed by atoms with Crippen LogP contribution < -0.4 is 0 Å². The highest BCUT2D eigenvalue weighted by atomic mass is 28.3. The Bertz CT molecular complexity index is 369. The van der Waals surface area contributed by atoms with Crippen LogP contribution in [0, 0.1) is 5.41 Å². The lowest BCUT2D eigenvalue weighted by Gasteiger charge is -2.25. The Morgan fingerprint density at radius 3 is 2.29 bits per heavy atom. The van der Waals surface area contributed by atoms with E-state index in [1.807, 2.05) is 0 Å². The van der Waals surface area contributed by atoms with E-state index in [9.17, 15) is 0 Å². The smallest absolute Gasteiger partial charge is 0.229 e. The van der Waals surface area contributed by atoms with Crippen LogP contribution >= 0.6 is 0 Å². The third-order valence-corrected chi connectivity index (χ3v) is 4.49. The lowest BCUT2D eigenvalue weighted by Crippen LogP contribution is -2.15. The number of rotatable bonds is 2. The van der Waals surface area contributed by atoms with Crippen LogP contribution in [0.1, 0.15) is 52.9 Å². The summed E-state index contributed by atoms with van der Waals surface area (Å²) < 4.78 is 6.28. The summed E-state index contributed by atoms with van der Waals surface area (Å²) in [6.45, 7) is 11.5. The van der Waals surface area contributed by atoms with E-state index in [-0.39, 0.29) is 5.41 Å². The molecule has 0 heterocycles. The summed E-state index contributed by atoms with van der Waals surface area (Å²) in [7, 11) is -0.993. The molecule has 0 aromatic heterocycles. The summed E-state index contributed by atoms with van der Waals surface area (Å²) in [4.78, 5) is 0. The molecule has 96 valence electrons. The van der Waals surface area contributed by atoms with Crippen LogP contribution in [-0.4, -0.2) is 9.04 Å². The molecule has 2 heteroatoms.